The predicted molar refractivity (Wildman–Crippen MR) is 108 cm³/mol. The highest BCUT2D eigenvalue weighted by molar-refractivity contribution is 7.98. The summed E-state index contributed by atoms with van der Waals surface area (Å²) in [5.74, 6) is -0.206. The van der Waals surface area contributed by atoms with Gasteiger partial charge in [0.15, 0.2) is 0 Å². The Kier molecular flexibility index (Phi) is 4.46. The highest BCUT2D eigenvalue weighted by atomic mass is 32.2. The van der Waals surface area contributed by atoms with Crippen LogP contribution in [-0.4, -0.2) is 22.4 Å². The Bertz CT molecular complexity index is 1080. The molecule has 128 valence electrons. The van der Waals surface area contributed by atoms with Gasteiger partial charge in [-0.3, -0.25) is 9.89 Å². The van der Waals surface area contributed by atoms with Crippen molar-refractivity contribution in [2.24, 2.45) is 0 Å². The molecule has 0 spiro atoms. The monoisotopic (exact) mass is 359 g/mol. The summed E-state index contributed by atoms with van der Waals surface area (Å²) in [4.78, 5) is 13.6. The number of H-pyrrole nitrogens is 1. The second-order valence-electron chi connectivity index (χ2n) is 5.88. The predicted octanol–water partition coefficient (Wildman–Crippen LogP) is 5.20. The zero-order valence-electron chi connectivity index (χ0n) is 14.2. The van der Waals surface area contributed by atoms with Crippen LogP contribution in [0.4, 0.5) is 5.69 Å². The van der Waals surface area contributed by atoms with Crippen LogP contribution in [0.15, 0.2) is 77.7 Å². The third kappa shape index (κ3) is 3.21. The van der Waals surface area contributed by atoms with E-state index in [9.17, 15) is 4.79 Å². The molecule has 4 aromatic rings. The van der Waals surface area contributed by atoms with Crippen LogP contribution in [0.3, 0.4) is 0 Å². The van der Waals surface area contributed by atoms with E-state index in [4.69, 9.17) is 0 Å². The van der Waals surface area contributed by atoms with Crippen LogP contribution in [0, 0.1) is 0 Å². The maximum Gasteiger partial charge on any atom is 0.273 e. The third-order valence-electron chi connectivity index (χ3n) is 4.22. The number of thioether (sulfide) groups is 1. The number of rotatable bonds is 4. The van der Waals surface area contributed by atoms with Gasteiger partial charge in [0.2, 0.25) is 0 Å². The lowest BCUT2D eigenvalue weighted by Gasteiger charge is -2.05. The minimum absolute atomic E-state index is 0.206. The van der Waals surface area contributed by atoms with Gasteiger partial charge >= 0.3 is 0 Å². The lowest BCUT2D eigenvalue weighted by Crippen LogP contribution is -2.12. The number of aromatic amines is 1. The lowest BCUT2D eigenvalue weighted by molar-refractivity contribution is 0.102. The molecule has 0 fully saturated rings. The smallest absolute Gasteiger partial charge is 0.273 e. The number of aromatic nitrogens is 2. The standard InChI is InChI=1S/C21H17N3OS/c1-26-16-9-5-8-15(12-16)22-21(25)20-13-19(23-24-20)18-11-4-7-14-6-2-3-10-17(14)18/h2-13H,1H3,(H,22,25)(H,23,24). The van der Waals surface area contributed by atoms with Crippen molar-refractivity contribution in [1.29, 1.82) is 0 Å². The van der Waals surface area contributed by atoms with Gasteiger partial charge < -0.3 is 5.32 Å². The molecule has 1 aromatic heterocycles. The van der Waals surface area contributed by atoms with Gasteiger partial charge in [-0.1, -0.05) is 48.5 Å². The zero-order chi connectivity index (χ0) is 17.9. The van der Waals surface area contributed by atoms with E-state index in [-0.39, 0.29) is 5.91 Å². The Balaban J connectivity index is 1.62. The van der Waals surface area contributed by atoms with Crippen molar-refractivity contribution in [3.8, 4) is 11.3 Å². The van der Waals surface area contributed by atoms with Crippen LogP contribution in [0.5, 0.6) is 0 Å². The summed E-state index contributed by atoms with van der Waals surface area (Å²) >= 11 is 1.64. The summed E-state index contributed by atoms with van der Waals surface area (Å²) in [6, 6.07) is 23.8. The number of amides is 1. The number of nitrogens with one attached hydrogen (secondary N) is 2. The first-order chi connectivity index (χ1) is 12.7. The highest BCUT2D eigenvalue weighted by Crippen LogP contribution is 2.27. The molecule has 3 aromatic carbocycles. The van der Waals surface area contributed by atoms with E-state index < -0.39 is 0 Å². The maximum absolute atomic E-state index is 12.5. The topological polar surface area (TPSA) is 57.8 Å². The number of fused-ring (bicyclic) bond motifs is 1. The summed E-state index contributed by atoms with van der Waals surface area (Å²) in [5, 5.41) is 12.4. The van der Waals surface area contributed by atoms with E-state index in [2.05, 4.69) is 33.7 Å². The number of carbonyl (C=O) groups excluding carboxylic acids is 1. The average molecular weight is 359 g/mol. The van der Waals surface area contributed by atoms with Crippen molar-refractivity contribution in [2.75, 3.05) is 11.6 Å². The fourth-order valence-corrected chi connectivity index (χ4v) is 3.38. The first-order valence-corrected chi connectivity index (χ1v) is 9.46. The zero-order valence-corrected chi connectivity index (χ0v) is 15.0. The van der Waals surface area contributed by atoms with Gasteiger partial charge in [-0.2, -0.15) is 5.10 Å². The van der Waals surface area contributed by atoms with Crippen molar-refractivity contribution in [3.63, 3.8) is 0 Å². The van der Waals surface area contributed by atoms with E-state index in [1.807, 2.05) is 54.8 Å². The van der Waals surface area contributed by atoms with Crippen molar-refractivity contribution in [2.45, 2.75) is 4.90 Å². The molecule has 5 heteroatoms. The maximum atomic E-state index is 12.5. The second kappa shape index (κ2) is 7.06. The summed E-state index contributed by atoms with van der Waals surface area (Å²) in [5.41, 5.74) is 2.96. The molecule has 0 saturated carbocycles. The summed E-state index contributed by atoms with van der Waals surface area (Å²) in [6.45, 7) is 0. The fourth-order valence-electron chi connectivity index (χ4n) is 2.92. The molecule has 0 aliphatic heterocycles. The molecule has 0 aliphatic rings. The molecule has 1 heterocycles. The number of carbonyl (C=O) groups is 1. The van der Waals surface area contributed by atoms with Gasteiger partial charge in [0, 0.05) is 16.1 Å². The van der Waals surface area contributed by atoms with Gasteiger partial charge in [0.1, 0.15) is 5.69 Å². The molecule has 0 bridgehead atoms. The van der Waals surface area contributed by atoms with Crippen LogP contribution < -0.4 is 5.32 Å². The lowest BCUT2D eigenvalue weighted by atomic mass is 10.0. The number of hydrogen-bond donors (Lipinski definition) is 2. The van der Waals surface area contributed by atoms with Crippen molar-refractivity contribution in [3.05, 3.63) is 78.5 Å². The Morgan fingerprint density at radius 2 is 1.81 bits per heavy atom. The van der Waals surface area contributed by atoms with E-state index in [1.54, 1.807) is 17.8 Å². The molecule has 0 aliphatic carbocycles. The van der Waals surface area contributed by atoms with E-state index in [0.29, 0.717) is 5.69 Å². The van der Waals surface area contributed by atoms with E-state index in [0.717, 1.165) is 32.6 Å². The largest absolute Gasteiger partial charge is 0.321 e. The minimum Gasteiger partial charge on any atom is -0.321 e. The Labute approximate surface area is 155 Å². The number of hydrogen-bond acceptors (Lipinski definition) is 3. The normalized spacial score (nSPS) is 10.8. The first kappa shape index (κ1) is 16.4. The van der Waals surface area contributed by atoms with E-state index in [1.165, 1.54) is 0 Å². The Morgan fingerprint density at radius 1 is 1.00 bits per heavy atom. The molecule has 0 atom stereocenters. The van der Waals surface area contributed by atoms with Gasteiger partial charge in [0.05, 0.1) is 5.69 Å². The number of nitrogens with zero attached hydrogens (tertiary/aromatic N) is 1. The number of benzene rings is 3. The molecule has 4 nitrogen and oxygen atoms in total. The SMILES string of the molecule is CSc1cccc(NC(=O)c2cc(-c3cccc4ccccc34)n[nH]2)c1. The van der Waals surface area contributed by atoms with Crippen LogP contribution >= 0.6 is 11.8 Å². The summed E-state index contributed by atoms with van der Waals surface area (Å²) < 4.78 is 0. The van der Waals surface area contributed by atoms with Gasteiger partial charge in [0.25, 0.3) is 5.91 Å². The number of anilines is 1. The molecule has 0 saturated heterocycles. The molecule has 26 heavy (non-hydrogen) atoms. The molecule has 4 rings (SSSR count). The van der Waals surface area contributed by atoms with Crippen molar-refractivity contribution in [1.82, 2.24) is 10.2 Å². The van der Waals surface area contributed by atoms with Crippen LogP contribution in [0.2, 0.25) is 0 Å². The quantitative estimate of drug-likeness (QED) is 0.492. The summed E-state index contributed by atoms with van der Waals surface area (Å²) in [6.07, 6.45) is 2.01. The second-order valence-corrected chi connectivity index (χ2v) is 6.76. The van der Waals surface area contributed by atoms with Crippen LogP contribution in [-0.2, 0) is 0 Å². The van der Waals surface area contributed by atoms with Crippen LogP contribution in [0.1, 0.15) is 10.5 Å². The van der Waals surface area contributed by atoms with Gasteiger partial charge in [-0.15, -0.1) is 11.8 Å². The molecular weight excluding hydrogens is 342 g/mol. The molecule has 2 N–H and O–H groups in total. The minimum atomic E-state index is -0.206. The Hall–Kier alpha value is -3.05. The Morgan fingerprint density at radius 3 is 2.69 bits per heavy atom. The van der Waals surface area contributed by atoms with Crippen LogP contribution in [0.25, 0.3) is 22.0 Å². The average Bonchev–Trinajstić information content (AvgIpc) is 3.18. The fraction of sp³-hybridized carbons (Fsp3) is 0.0476. The summed E-state index contributed by atoms with van der Waals surface area (Å²) in [7, 11) is 0. The molecule has 1 amide bonds. The molecule has 0 unspecified atom stereocenters. The van der Waals surface area contributed by atoms with Crippen molar-refractivity contribution < 1.29 is 4.79 Å². The molecular formula is C21H17N3OS. The third-order valence-corrected chi connectivity index (χ3v) is 4.94. The van der Waals surface area contributed by atoms with Gasteiger partial charge in [-0.25, -0.2) is 0 Å². The molecule has 0 radical (unpaired) electrons. The van der Waals surface area contributed by atoms with Gasteiger partial charge in [-0.05, 0) is 41.3 Å². The van der Waals surface area contributed by atoms with E-state index >= 15 is 0 Å². The highest BCUT2D eigenvalue weighted by Gasteiger charge is 2.13. The first-order valence-electron chi connectivity index (χ1n) is 8.23. The van der Waals surface area contributed by atoms with Crippen molar-refractivity contribution >= 4 is 34.1 Å².